The van der Waals surface area contributed by atoms with Gasteiger partial charge in [0.25, 0.3) is 0 Å². The zero-order valence-electron chi connectivity index (χ0n) is 9.82. The molecule has 0 aromatic rings. The van der Waals surface area contributed by atoms with Crippen molar-refractivity contribution in [2.45, 2.75) is 38.0 Å². The predicted molar refractivity (Wildman–Crippen MR) is 67.7 cm³/mol. The van der Waals surface area contributed by atoms with Crippen LogP contribution < -0.4 is 10.6 Å². The van der Waals surface area contributed by atoms with Gasteiger partial charge in [0.1, 0.15) is 0 Å². The number of amidine groups is 1. The van der Waals surface area contributed by atoms with Crippen molar-refractivity contribution in [1.82, 2.24) is 10.6 Å². The number of nitrogens with one attached hydrogen (secondary N) is 2. The van der Waals surface area contributed by atoms with Crippen LogP contribution in [0.25, 0.3) is 0 Å². The Hall–Kier alpha value is -0.710. The molecule has 0 spiro atoms. The zero-order valence-corrected chi connectivity index (χ0v) is 10.6. The Balaban J connectivity index is 1.74. The number of aliphatic imine (C=N–C) groups is 1. The second-order valence-corrected chi connectivity index (χ2v) is 6.15. The van der Waals surface area contributed by atoms with Crippen LogP contribution in [0.5, 0.6) is 0 Å². The number of amides is 1. The van der Waals surface area contributed by atoms with E-state index < -0.39 is 0 Å². The minimum Gasteiger partial charge on any atom is -0.360 e. The Morgan fingerprint density at radius 1 is 1.62 bits per heavy atom. The average Bonchev–Trinajstić information content (AvgIpc) is 2.76. The number of carbonyl (C=O) groups excluding carboxylic acids is 1. The second-order valence-electron chi connectivity index (χ2n) is 4.86. The first-order valence-corrected chi connectivity index (χ1v) is 6.76. The summed E-state index contributed by atoms with van der Waals surface area (Å²) in [5.74, 6) is 0.863. The van der Waals surface area contributed by atoms with Crippen molar-refractivity contribution in [3.63, 3.8) is 0 Å². The van der Waals surface area contributed by atoms with E-state index in [1.165, 1.54) is 6.42 Å². The summed E-state index contributed by atoms with van der Waals surface area (Å²) in [6.45, 7) is 6.13. The van der Waals surface area contributed by atoms with E-state index in [1.54, 1.807) is 0 Å². The second kappa shape index (κ2) is 5.08. The molecule has 0 aliphatic carbocycles. The summed E-state index contributed by atoms with van der Waals surface area (Å²) in [5.41, 5.74) is 0. The van der Waals surface area contributed by atoms with Gasteiger partial charge in [0.15, 0.2) is 5.17 Å². The molecule has 2 rings (SSSR count). The summed E-state index contributed by atoms with van der Waals surface area (Å²) in [6.07, 6.45) is 1.79. The molecule has 16 heavy (non-hydrogen) atoms. The Labute approximate surface area is 101 Å². The van der Waals surface area contributed by atoms with Gasteiger partial charge in [-0.25, -0.2) is 0 Å². The van der Waals surface area contributed by atoms with Gasteiger partial charge in [-0.05, 0) is 12.3 Å². The predicted octanol–water partition coefficient (Wildman–Crippen LogP) is 0.982. The highest BCUT2D eigenvalue weighted by atomic mass is 32.2. The lowest BCUT2D eigenvalue weighted by atomic mass is 10.1. The van der Waals surface area contributed by atoms with Crippen LogP contribution in [0.1, 0.15) is 26.7 Å². The van der Waals surface area contributed by atoms with Crippen LogP contribution in [0.15, 0.2) is 4.99 Å². The first kappa shape index (κ1) is 11.8. The Morgan fingerprint density at radius 2 is 2.44 bits per heavy atom. The molecule has 1 saturated heterocycles. The molecule has 90 valence electrons. The largest absolute Gasteiger partial charge is 0.360 e. The fraction of sp³-hybridized carbons (Fsp3) is 0.818. The summed E-state index contributed by atoms with van der Waals surface area (Å²) in [7, 11) is 0. The average molecular weight is 241 g/mol. The van der Waals surface area contributed by atoms with Crippen molar-refractivity contribution in [2.24, 2.45) is 10.9 Å². The lowest BCUT2D eigenvalue weighted by molar-refractivity contribution is -0.119. The molecule has 0 radical (unpaired) electrons. The van der Waals surface area contributed by atoms with Crippen molar-refractivity contribution in [3.05, 3.63) is 0 Å². The number of rotatable bonds is 3. The van der Waals surface area contributed by atoms with E-state index in [0.29, 0.717) is 11.7 Å². The maximum atomic E-state index is 11.0. The van der Waals surface area contributed by atoms with E-state index in [2.05, 4.69) is 29.5 Å². The molecule has 2 atom stereocenters. The van der Waals surface area contributed by atoms with E-state index in [-0.39, 0.29) is 11.9 Å². The normalized spacial score (nSPS) is 29.4. The maximum absolute atomic E-state index is 11.0. The standard InChI is InChI=1S/C11H19N3OS/c1-7(2)3-9-6-13-11(16-9)14-8-4-10(15)12-5-8/h7-9H,3-6H2,1-2H3,(H,12,15)(H,13,14). The van der Waals surface area contributed by atoms with Crippen LogP contribution in [-0.4, -0.2) is 35.5 Å². The van der Waals surface area contributed by atoms with Crippen LogP contribution in [0, 0.1) is 5.92 Å². The monoisotopic (exact) mass is 241 g/mol. The van der Waals surface area contributed by atoms with Crippen molar-refractivity contribution in [3.8, 4) is 0 Å². The first-order chi connectivity index (χ1) is 7.63. The van der Waals surface area contributed by atoms with Gasteiger partial charge in [-0.3, -0.25) is 9.79 Å². The molecule has 0 aromatic heterocycles. The van der Waals surface area contributed by atoms with Crippen LogP contribution in [0.2, 0.25) is 0 Å². The van der Waals surface area contributed by atoms with Crippen LogP contribution in [-0.2, 0) is 4.79 Å². The molecule has 1 fully saturated rings. The van der Waals surface area contributed by atoms with Gasteiger partial charge in [0, 0.05) is 18.2 Å². The van der Waals surface area contributed by atoms with Crippen molar-refractivity contribution < 1.29 is 4.79 Å². The Kier molecular flexibility index (Phi) is 3.74. The van der Waals surface area contributed by atoms with Gasteiger partial charge in [-0.2, -0.15) is 0 Å². The minimum absolute atomic E-state index is 0.139. The van der Waals surface area contributed by atoms with Crippen molar-refractivity contribution in [1.29, 1.82) is 0 Å². The van der Waals surface area contributed by atoms with E-state index in [4.69, 9.17) is 0 Å². The van der Waals surface area contributed by atoms with Crippen molar-refractivity contribution in [2.75, 3.05) is 13.1 Å². The third-order valence-electron chi connectivity index (χ3n) is 2.76. The zero-order chi connectivity index (χ0) is 11.5. The molecular weight excluding hydrogens is 222 g/mol. The van der Waals surface area contributed by atoms with Gasteiger partial charge in [0.05, 0.1) is 12.6 Å². The quantitative estimate of drug-likeness (QED) is 0.774. The smallest absolute Gasteiger partial charge is 0.222 e. The van der Waals surface area contributed by atoms with Gasteiger partial charge >= 0.3 is 0 Å². The highest BCUT2D eigenvalue weighted by Crippen LogP contribution is 2.25. The highest BCUT2D eigenvalue weighted by Gasteiger charge is 2.26. The van der Waals surface area contributed by atoms with Crippen LogP contribution >= 0.6 is 11.8 Å². The number of nitrogens with zero attached hydrogens (tertiary/aromatic N) is 1. The molecular formula is C11H19N3OS. The fourth-order valence-electron chi connectivity index (χ4n) is 2.03. The lowest BCUT2D eigenvalue weighted by Crippen LogP contribution is -2.34. The lowest BCUT2D eigenvalue weighted by Gasteiger charge is -2.13. The van der Waals surface area contributed by atoms with E-state index >= 15 is 0 Å². The van der Waals surface area contributed by atoms with Crippen LogP contribution in [0.3, 0.4) is 0 Å². The van der Waals surface area contributed by atoms with E-state index in [9.17, 15) is 4.79 Å². The fourth-order valence-corrected chi connectivity index (χ4v) is 3.36. The molecule has 0 aromatic carbocycles. The number of hydrogen-bond donors (Lipinski definition) is 2. The van der Waals surface area contributed by atoms with Gasteiger partial charge < -0.3 is 10.6 Å². The number of hydrogen-bond acceptors (Lipinski definition) is 4. The number of thioether (sulfide) groups is 1. The molecule has 4 nitrogen and oxygen atoms in total. The highest BCUT2D eigenvalue weighted by molar-refractivity contribution is 8.14. The summed E-state index contributed by atoms with van der Waals surface area (Å²) in [5, 5.41) is 7.80. The van der Waals surface area contributed by atoms with Gasteiger partial charge in [-0.15, -0.1) is 0 Å². The Morgan fingerprint density at radius 3 is 3.06 bits per heavy atom. The number of carbonyl (C=O) groups is 1. The molecule has 1 amide bonds. The summed E-state index contributed by atoms with van der Waals surface area (Å²) < 4.78 is 0. The van der Waals surface area contributed by atoms with E-state index in [1.807, 2.05) is 11.8 Å². The Bertz CT molecular complexity index is 304. The molecule has 5 heteroatoms. The topological polar surface area (TPSA) is 53.5 Å². The summed E-state index contributed by atoms with van der Waals surface area (Å²) >= 11 is 1.83. The molecule has 0 bridgehead atoms. The maximum Gasteiger partial charge on any atom is 0.222 e. The van der Waals surface area contributed by atoms with E-state index in [0.717, 1.165) is 24.2 Å². The summed E-state index contributed by atoms with van der Waals surface area (Å²) in [6, 6.07) is 0.233. The first-order valence-electron chi connectivity index (χ1n) is 5.88. The van der Waals surface area contributed by atoms with Gasteiger partial charge in [0.2, 0.25) is 5.91 Å². The van der Waals surface area contributed by atoms with Crippen molar-refractivity contribution >= 4 is 22.8 Å². The minimum atomic E-state index is 0.139. The molecule has 2 N–H and O–H groups in total. The summed E-state index contributed by atoms with van der Waals surface area (Å²) in [4.78, 5) is 15.5. The third kappa shape index (κ3) is 3.14. The molecule has 0 saturated carbocycles. The molecule has 2 aliphatic rings. The third-order valence-corrected chi connectivity index (χ3v) is 3.90. The van der Waals surface area contributed by atoms with Gasteiger partial charge in [-0.1, -0.05) is 25.6 Å². The molecule has 2 heterocycles. The molecule has 2 unspecified atom stereocenters. The molecule has 2 aliphatic heterocycles. The SMILES string of the molecule is CC(C)CC1CN=C(NC2CNC(=O)C2)S1. The van der Waals surface area contributed by atoms with Crippen LogP contribution in [0.4, 0.5) is 0 Å².